The molecule has 0 fully saturated rings. The third kappa shape index (κ3) is 9.09. The SMILES string of the molecule is CCOC(=O)/C=C/c1ccc(NC(=O)C(C)(N)CCN(C)C(=O)OC(C)(C)C)cc1. The van der Waals surface area contributed by atoms with Crippen molar-refractivity contribution in [3.63, 3.8) is 0 Å². The van der Waals surface area contributed by atoms with E-state index in [2.05, 4.69) is 5.32 Å². The molecule has 0 bridgehead atoms. The summed E-state index contributed by atoms with van der Waals surface area (Å²) in [7, 11) is 1.60. The molecule has 30 heavy (non-hydrogen) atoms. The molecule has 1 aromatic carbocycles. The van der Waals surface area contributed by atoms with E-state index in [-0.39, 0.29) is 18.9 Å². The summed E-state index contributed by atoms with van der Waals surface area (Å²) < 4.78 is 10.1. The minimum absolute atomic E-state index is 0.259. The van der Waals surface area contributed by atoms with E-state index in [0.717, 1.165) is 5.56 Å². The fraction of sp³-hybridized carbons (Fsp3) is 0.500. The molecule has 1 rings (SSSR count). The van der Waals surface area contributed by atoms with Gasteiger partial charge in [-0.3, -0.25) is 4.79 Å². The maximum absolute atomic E-state index is 12.6. The van der Waals surface area contributed by atoms with Crippen molar-refractivity contribution in [3.8, 4) is 0 Å². The average molecular weight is 420 g/mol. The lowest BCUT2D eigenvalue weighted by molar-refractivity contribution is -0.137. The van der Waals surface area contributed by atoms with Crippen molar-refractivity contribution in [2.24, 2.45) is 5.73 Å². The summed E-state index contributed by atoms with van der Waals surface area (Å²) in [6.07, 6.45) is 2.76. The topological polar surface area (TPSA) is 111 Å². The Morgan fingerprint density at radius 2 is 1.73 bits per heavy atom. The molecule has 0 heterocycles. The molecule has 0 saturated heterocycles. The maximum Gasteiger partial charge on any atom is 0.410 e. The van der Waals surface area contributed by atoms with Crippen molar-refractivity contribution in [1.82, 2.24) is 4.90 Å². The zero-order valence-corrected chi connectivity index (χ0v) is 18.7. The molecule has 0 spiro atoms. The molecule has 0 aliphatic carbocycles. The number of ether oxygens (including phenoxy) is 2. The Morgan fingerprint density at radius 3 is 2.27 bits per heavy atom. The van der Waals surface area contributed by atoms with Crippen molar-refractivity contribution >= 4 is 29.7 Å². The number of hydrogen-bond acceptors (Lipinski definition) is 6. The Balaban J connectivity index is 2.61. The van der Waals surface area contributed by atoms with Gasteiger partial charge in [0, 0.05) is 25.4 Å². The number of nitrogens with zero attached hydrogens (tertiary/aromatic N) is 1. The number of amides is 2. The Morgan fingerprint density at radius 1 is 1.13 bits per heavy atom. The predicted molar refractivity (Wildman–Crippen MR) is 117 cm³/mol. The minimum atomic E-state index is -1.18. The molecule has 8 nitrogen and oxygen atoms in total. The van der Waals surface area contributed by atoms with Crippen molar-refractivity contribution in [3.05, 3.63) is 35.9 Å². The number of nitrogens with one attached hydrogen (secondary N) is 1. The highest BCUT2D eigenvalue weighted by molar-refractivity contribution is 5.97. The fourth-order valence-electron chi connectivity index (χ4n) is 2.25. The van der Waals surface area contributed by atoms with Gasteiger partial charge >= 0.3 is 12.1 Å². The van der Waals surface area contributed by atoms with Gasteiger partial charge in [0.1, 0.15) is 5.60 Å². The third-order valence-electron chi connectivity index (χ3n) is 4.06. The average Bonchev–Trinajstić information content (AvgIpc) is 2.64. The first-order valence-electron chi connectivity index (χ1n) is 9.83. The number of anilines is 1. The zero-order valence-electron chi connectivity index (χ0n) is 18.7. The van der Waals surface area contributed by atoms with Gasteiger partial charge in [0.25, 0.3) is 0 Å². The summed E-state index contributed by atoms with van der Waals surface area (Å²) in [4.78, 5) is 37.3. The second kappa shape index (κ2) is 10.8. The number of rotatable bonds is 8. The van der Waals surface area contributed by atoms with Gasteiger partial charge in [0.05, 0.1) is 12.1 Å². The van der Waals surface area contributed by atoms with E-state index in [1.165, 1.54) is 11.0 Å². The van der Waals surface area contributed by atoms with Crippen LogP contribution in [0.4, 0.5) is 10.5 Å². The van der Waals surface area contributed by atoms with Gasteiger partial charge in [-0.05, 0) is 64.8 Å². The summed E-state index contributed by atoms with van der Waals surface area (Å²) in [6.45, 7) is 9.31. The quantitative estimate of drug-likeness (QED) is 0.495. The molecule has 0 aliphatic rings. The molecular formula is C22H33N3O5. The molecule has 0 aromatic heterocycles. The smallest absolute Gasteiger partial charge is 0.410 e. The van der Waals surface area contributed by atoms with Crippen LogP contribution in [0.15, 0.2) is 30.3 Å². The Hall–Kier alpha value is -2.87. The predicted octanol–water partition coefficient (Wildman–Crippen LogP) is 3.18. The Kier molecular flexibility index (Phi) is 9.04. The maximum atomic E-state index is 12.6. The van der Waals surface area contributed by atoms with Gasteiger partial charge in [0.15, 0.2) is 0 Å². The molecule has 3 N–H and O–H groups in total. The Labute approximate surface area is 178 Å². The van der Waals surface area contributed by atoms with Crippen LogP contribution < -0.4 is 11.1 Å². The van der Waals surface area contributed by atoms with Gasteiger partial charge < -0.3 is 25.4 Å². The van der Waals surface area contributed by atoms with Crippen molar-refractivity contribution in [2.75, 3.05) is 25.5 Å². The van der Waals surface area contributed by atoms with E-state index in [1.54, 1.807) is 72.0 Å². The lowest BCUT2D eigenvalue weighted by Crippen LogP contribution is -2.50. The van der Waals surface area contributed by atoms with Gasteiger partial charge in [-0.15, -0.1) is 0 Å². The zero-order chi connectivity index (χ0) is 22.9. The van der Waals surface area contributed by atoms with Crippen molar-refractivity contribution in [2.45, 2.75) is 52.2 Å². The van der Waals surface area contributed by atoms with Gasteiger partial charge in [-0.2, -0.15) is 0 Å². The first-order valence-corrected chi connectivity index (χ1v) is 9.83. The molecular weight excluding hydrogens is 386 g/mol. The highest BCUT2D eigenvalue weighted by Gasteiger charge is 2.30. The van der Waals surface area contributed by atoms with E-state index in [1.807, 2.05) is 0 Å². The first-order chi connectivity index (χ1) is 13.8. The number of esters is 1. The molecule has 0 aliphatic heterocycles. The normalized spacial score (nSPS) is 13.4. The van der Waals surface area contributed by atoms with Crippen LogP contribution in [0.5, 0.6) is 0 Å². The minimum Gasteiger partial charge on any atom is -0.463 e. The Bertz CT molecular complexity index is 764. The molecule has 0 radical (unpaired) electrons. The van der Waals surface area contributed by atoms with E-state index in [0.29, 0.717) is 12.3 Å². The van der Waals surface area contributed by atoms with E-state index in [4.69, 9.17) is 15.2 Å². The van der Waals surface area contributed by atoms with Crippen molar-refractivity contribution in [1.29, 1.82) is 0 Å². The summed E-state index contributed by atoms with van der Waals surface area (Å²) in [6, 6.07) is 6.95. The number of carbonyl (C=O) groups is 3. The number of carbonyl (C=O) groups excluding carboxylic acids is 3. The van der Waals surface area contributed by atoms with Crippen LogP contribution in [0.1, 0.15) is 46.6 Å². The van der Waals surface area contributed by atoms with Gasteiger partial charge in [-0.1, -0.05) is 12.1 Å². The number of nitrogens with two attached hydrogens (primary N) is 1. The summed E-state index contributed by atoms with van der Waals surface area (Å²) >= 11 is 0. The lowest BCUT2D eigenvalue weighted by Gasteiger charge is -2.28. The monoisotopic (exact) mass is 419 g/mol. The van der Waals surface area contributed by atoms with E-state index < -0.39 is 23.2 Å². The molecule has 166 valence electrons. The highest BCUT2D eigenvalue weighted by Crippen LogP contribution is 2.16. The van der Waals surface area contributed by atoms with Crippen LogP contribution in [-0.4, -0.2) is 54.2 Å². The van der Waals surface area contributed by atoms with Crippen molar-refractivity contribution < 1.29 is 23.9 Å². The standard InChI is InChI=1S/C22H33N3O5/c1-7-29-18(26)13-10-16-8-11-17(12-9-16)24-19(27)22(5,23)14-15-25(6)20(28)30-21(2,3)4/h8-13H,7,14-15,23H2,1-6H3,(H,24,27)/b13-10+. The highest BCUT2D eigenvalue weighted by atomic mass is 16.6. The van der Waals surface area contributed by atoms with Crippen LogP contribution in [0.3, 0.4) is 0 Å². The van der Waals surface area contributed by atoms with E-state index >= 15 is 0 Å². The first kappa shape index (κ1) is 25.2. The fourth-order valence-corrected chi connectivity index (χ4v) is 2.25. The second-order valence-electron chi connectivity index (χ2n) is 8.23. The molecule has 1 aromatic rings. The number of hydrogen-bond donors (Lipinski definition) is 2. The van der Waals surface area contributed by atoms with Crippen LogP contribution in [-0.2, 0) is 19.1 Å². The van der Waals surface area contributed by atoms with E-state index in [9.17, 15) is 14.4 Å². The van der Waals surface area contributed by atoms with Gasteiger partial charge in [0.2, 0.25) is 5.91 Å². The van der Waals surface area contributed by atoms with Gasteiger partial charge in [-0.25, -0.2) is 9.59 Å². The van der Waals surface area contributed by atoms with Crippen LogP contribution in [0, 0.1) is 0 Å². The second-order valence-corrected chi connectivity index (χ2v) is 8.23. The summed E-state index contributed by atoms with van der Waals surface area (Å²) in [5, 5.41) is 2.77. The molecule has 8 heteroatoms. The molecule has 2 amide bonds. The summed E-state index contributed by atoms with van der Waals surface area (Å²) in [5.74, 6) is -0.778. The summed E-state index contributed by atoms with van der Waals surface area (Å²) in [5.41, 5.74) is 5.76. The van der Waals surface area contributed by atoms with Crippen LogP contribution >= 0.6 is 0 Å². The largest absolute Gasteiger partial charge is 0.463 e. The molecule has 1 atom stereocenters. The van der Waals surface area contributed by atoms with Crippen LogP contribution in [0.25, 0.3) is 6.08 Å². The molecule has 0 saturated carbocycles. The number of benzene rings is 1. The third-order valence-corrected chi connectivity index (χ3v) is 4.06. The molecule has 1 unspecified atom stereocenters. The van der Waals surface area contributed by atoms with Crippen LogP contribution in [0.2, 0.25) is 0 Å². The lowest BCUT2D eigenvalue weighted by atomic mass is 9.97.